The van der Waals surface area contributed by atoms with Crippen molar-refractivity contribution in [2.75, 3.05) is 17.7 Å². The van der Waals surface area contributed by atoms with Gasteiger partial charge < -0.3 is 15.8 Å². The van der Waals surface area contributed by atoms with Crippen molar-refractivity contribution in [2.24, 2.45) is 0 Å². The topological polar surface area (TPSA) is 47.3 Å². The molecule has 1 aromatic carbocycles. The summed E-state index contributed by atoms with van der Waals surface area (Å²) in [7, 11) is 0. The number of halogens is 3. The van der Waals surface area contributed by atoms with Crippen molar-refractivity contribution in [3.63, 3.8) is 0 Å². The predicted molar refractivity (Wildman–Crippen MR) is 67.9 cm³/mol. The molecule has 2 rings (SSSR count). The van der Waals surface area contributed by atoms with E-state index < -0.39 is 11.7 Å². The number of nitrogens with one attached hydrogen (secondary N) is 1. The largest absolute Gasteiger partial charge is 0.418 e. The first-order chi connectivity index (χ1) is 8.88. The Balaban J connectivity index is 2.12. The van der Waals surface area contributed by atoms with Gasteiger partial charge in [0.25, 0.3) is 0 Å². The summed E-state index contributed by atoms with van der Waals surface area (Å²) in [6.07, 6.45) is -2.47. The Hall–Kier alpha value is -1.43. The number of hydrogen-bond acceptors (Lipinski definition) is 3. The maximum atomic E-state index is 12.7. The lowest BCUT2D eigenvalue weighted by Crippen LogP contribution is -2.30. The second-order valence-corrected chi connectivity index (χ2v) is 4.78. The van der Waals surface area contributed by atoms with Crippen LogP contribution in [0.25, 0.3) is 0 Å². The van der Waals surface area contributed by atoms with E-state index in [1.54, 1.807) is 6.07 Å². The molecule has 1 aromatic rings. The lowest BCUT2D eigenvalue weighted by molar-refractivity contribution is -0.136. The highest BCUT2D eigenvalue weighted by molar-refractivity contribution is 5.58. The van der Waals surface area contributed by atoms with Crippen LogP contribution in [0.5, 0.6) is 0 Å². The highest BCUT2D eigenvalue weighted by atomic mass is 19.4. The van der Waals surface area contributed by atoms with Crippen LogP contribution in [0, 0.1) is 0 Å². The molecule has 1 aliphatic heterocycles. The van der Waals surface area contributed by atoms with Gasteiger partial charge in [-0.25, -0.2) is 0 Å². The molecule has 0 aliphatic carbocycles. The van der Waals surface area contributed by atoms with E-state index in [-0.39, 0.29) is 17.8 Å². The standard InChI is InChI=1S/C13H17F3N2O/c1-8(12-3-2-6-19-12)18-9-4-5-11(17)10(7-9)13(14,15)16/h4-5,7-8,12,18H,2-3,6,17H2,1H3. The molecule has 3 N–H and O–H groups in total. The smallest absolute Gasteiger partial charge is 0.398 e. The minimum Gasteiger partial charge on any atom is -0.398 e. The van der Waals surface area contributed by atoms with Crippen molar-refractivity contribution in [2.45, 2.75) is 38.1 Å². The van der Waals surface area contributed by atoms with Crippen LogP contribution in [0.1, 0.15) is 25.3 Å². The van der Waals surface area contributed by atoms with Gasteiger partial charge in [-0.1, -0.05) is 0 Å². The van der Waals surface area contributed by atoms with E-state index in [1.165, 1.54) is 6.07 Å². The van der Waals surface area contributed by atoms with Crippen LogP contribution in [-0.4, -0.2) is 18.8 Å². The van der Waals surface area contributed by atoms with E-state index in [9.17, 15) is 13.2 Å². The zero-order chi connectivity index (χ0) is 14.0. The molecule has 0 amide bonds. The van der Waals surface area contributed by atoms with Crippen molar-refractivity contribution in [1.29, 1.82) is 0 Å². The molecule has 0 saturated carbocycles. The van der Waals surface area contributed by atoms with Crippen molar-refractivity contribution >= 4 is 11.4 Å². The number of rotatable bonds is 3. The Kier molecular flexibility index (Phi) is 3.89. The molecule has 106 valence electrons. The maximum Gasteiger partial charge on any atom is 0.418 e. The first-order valence-electron chi connectivity index (χ1n) is 6.23. The van der Waals surface area contributed by atoms with Crippen molar-refractivity contribution in [3.8, 4) is 0 Å². The number of nitrogens with two attached hydrogens (primary N) is 1. The summed E-state index contributed by atoms with van der Waals surface area (Å²) in [6.45, 7) is 2.62. The van der Waals surface area contributed by atoms with Crippen LogP contribution in [0.3, 0.4) is 0 Å². The van der Waals surface area contributed by atoms with Gasteiger partial charge in [0.1, 0.15) is 0 Å². The third-order valence-electron chi connectivity index (χ3n) is 3.28. The van der Waals surface area contributed by atoms with Gasteiger partial charge in [-0.2, -0.15) is 13.2 Å². The monoisotopic (exact) mass is 274 g/mol. The van der Waals surface area contributed by atoms with Crippen LogP contribution in [0.4, 0.5) is 24.5 Å². The minimum atomic E-state index is -4.44. The van der Waals surface area contributed by atoms with Crippen LogP contribution in [0.2, 0.25) is 0 Å². The fraction of sp³-hybridized carbons (Fsp3) is 0.538. The number of nitrogen functional groups attached to an aromatic ring is 1. The summed E-state index contributed by atoms with van der Waals surface area (Å²) in [5.74, 6) is 0. The van der Waals surface area contributed by atoms with Crippen LogP contribution < -0.4 is 11.1 Å². The van der Waals surface area contributed by atoms with Gasteiger partial charge in [0.05, 0.1) is 11.7 Å². The zero-order valence-electron chi connectivity index (χ0n) is 10.6. The highest BCUT2D eigenvalue weighted by Gasteiger charge is 2.33. The van der Waals surface area contributed by atoms with Gasteiger partial charge in [0.2, 0.25) is 0 Å². The third kappa shape index (κ3) is 3.32. The van der Waals surface area contributed by atoms with Gasteiger partial charge in [0, 0.05) is 24.0 Å². The van der Waals surface area contributed by atoms with Gasteiger partial charge in [-0.3, -0.25) is 0 Å². The maximum absolute atomic E-state index is 12.7. The molecule has 19 heavy (non-hydrogen) atoms. The SMILES string of the molecule is CC(Nc1ccc(N)c(C(F)(F)F)c1)C1CCCO1. The molecule has 0 radical (unpaired) electrons. The summed E-state index contributed by atoms with van der Waals surface area (Å²) in [6, 6.07) is 3.83. The van der Waals surface area contributed by atoms with Crippen LogP contribution in [-0.2, 0) is 10.9 Å². The molecule has 0 aromatic heterocycles. The summed E-state index contributed by atoms with van der Waals surface area (Å²) >= 11 is 0. The van der Waals surface area contributed by atoms with Gasteiger partial charge in [-0.15, -0.1) is 0 Å². The highest BCUT2D eigenvalue weighted by Crippen LogP contribution is 2.35. The van der Waals surface area contributed by atoms with Crippen molar-refractivity contribution < 1.29 is 17.9 Å². The van der Waals surface area contributed by atoms with Crippen molar-refractivity contribution in [1.82, 2.24) is 0 Å². The average Bonchev–Trinajstić information content (AvgIpc) is 2.83. The molecule has 2 atom stereocenters. The molecule has 1 fully saturated rings. The fourth-order valence-corrected chi connectivity index (χ4v) is 2.24. The second-order valence-electron chi connectivity index (χ2n) is 4.78. The Morgan fingerprint density at radius 1 is 1.42 bits per heavy atom. The van der Waals surface area contributed by atoms with Crippen LogP contribution in [0.15, 0.2) is 18.2 Å². The molecule has 1 saturated heterocycles. The molecule has 2 unspecified atom stereocenters. The Labute approximate surface area is 109 Å². The minimum absolute atomic E-state index is 0.0350. The molecule has 1 aliphatic rings. The molecular weight excluding hydrogens is 257 g/mol. The van der Waals surface area contributed by atoms with Crippen molar-refractivity contribution in [3.05, 3.63) is 23.8 Å². The average molecular weight is 274 g/mol. The number of benzene rings is 1. The van der Waals surface area contributed by atoms with E-state index >= 15 is 0 Å². The molecule has 1 heterocycles. The lowest BCUT2D eigenvalue weighted by Gasteiger charge is -2.22. The summed E-state index contributed by atoms with van der Waals surface area (Å²) < 4.78 is 43.7. The molecule has 3 nitrogen and oxygen atoms in total. The molecule has 0 bridgehead atoms. The molecule has 0 spiro atoms. The van der Waals surface area contributed by atoms with E-state index in [1.807, 2.05) is 6.92 Å². The predicted octanol–water partition coefficient (Wildman–Crippen LogP) is 3.27. The first kappa shape index (κ1) is 14.0. The quantitative estimate of drug-likeness (QED) is 0.832. The molecule has 6 heteroatoms. The van der Waals surface area contributed by atoms with E-state index in [0.717, 1.165) is 18.9 Å². The summed E-state index contributed by atoms with van der Waals surface area (Å²) in [5.41, 5.74) is 4.69. The number of alkyl halides is 3. The Morgan fingerprint density at radius 3 is 2.74 bits per heavy atom. The number of hydrogen-bond donors (Lipinski definition) is 2. The summed E-state index contributed by atoms with van der Waals surface area (Å²) in [5, 5.41) is 3.04. The Morgan fingerprint density at radius 2 is 2.16 bits per heavy atom. The van der Waals surface area contributed by atoms with Gasteiger partial charge in [-0.05, 0) is 38.0 Å². The first-order valence-corrected chi connectivity index (χ1v) is 6.23. The zero-order valence-corrected chi connectivity index (χ0v) is 10.6. The second kappa shape index (κ2) is 5.28. The van der Waals surface area contributed by atoms with Gasteiger partial charge in [0.15, 0.2) is 0 Å². The normalized spacial score (nSPS) is 21.4. The number of anilines is 2. The number of ether oxygens (including phenoxy) is 1. The van der Waals surface area contributed by atoms with E-state index in [4.69, 9.17) is 10.5 Å². The van der Waals surface area contributed by atoms with Crippen LogP contribution >= 0.6 is 0 Å². The Bertz CT molecular complexity index is 442. The fourth-order valence-electron chi connectivity index (χ4n) is 2.24. The lowest BCUT2D eigenvalue weighted by atomic mass is 10.1. The van der Waals surface area contributed by atoms with E-state index in [0.29, 0.717) is 12.3 Å². The molecular formula is C13H17F3N2O. The summed E-state index contributed by atoms with van der Waals surface area (Å²) in [4.78, 5) is 0. The van der Waals surface area contributed by atoms with Gasteiger partial charge >= 0.3 is 6.18 Å². The van der Waals surface area contributed by atoms with E-state index in [2.05, 4.69) is 5.32 Å². The third-order valence-corrected chi connectivity index (χ3v) is 3.28.